The lowest BCUT2D eigenvalue weighted by molar-refractivity contribution is 0.0518. The number of carbonyl (C=O) groups excluding carboxylic acids is 1. The van der Waals surface area contributed by atoms with Gasteiger partial charge in [-0.25, -0.2) is 4.79 Å². The molecule has 0 fully saturated rings. The highest BCUT2D eigenvalue weighted by atomic mass is 16.6. The highest BCUT2D eigenvalue weighted by Gasteiger charge is 2.24. The summed E-state index contributed by atoms with van der Waals surface area (Å²) < 4.78 is 6.72. The van der Waals surface area contributed by atoms with Crippen molar-refractivity contribution in [1.29, 1.82) is 0 Å². The number of hydrogen-bond acceptors (Lipinski definition) is 4. The van der Waals surface area contributed by atoms with E-state index in [-0.39, 0.29) is 0 Å². The van der Waals surface area contributed by atoms with Crippen LogP contribution in [-0.2, 0) is 4.74 Å². The molecule has 2 aromatic heterocycles. The lowest BCUT2D eigenvalue weighted by Crippen LogP contribution is -2.28. The molecule has 0 bridgehead atoms. The Kier molecular flexibility index (Phi) is 3.73. The minimum Gasteiger partial charge on any atom is -0.442 e. The Morgan fingerprint density at radius 2 is 1.87 bits per heavy atom. The van der Waals surface area contributed by atoms with E-state index in [4.69, 9.17) is 4.74 Å². The van der Waals surface area contributed by atoms with Crippen molar-refractivity contribution in [3.05, 3.63) is 48.9 Å². The monoisotopic (exact) mass is 310 g/mol. The number of nitrogens with one attached hydrogen (secondary N) is 1. The highest BCUT2D eigenvalue weighted by molar-refractivity contribution is 5.86. The zero-order chi connectivity index (χ0) is 16.4. The van der Waals surface area contributed by atoms with E-state index in [1.165, 1.54) is 4.68 Å². The molecule has 0 atom stereocenters. The fraction of sp³-hybridized carbons (Fsp3) is 0.235. The third-order valence-corrected chi connectivity index (χ3v) is 3.19. The van der Waals surface area contributed by atoms with Gasteiger partial charge in [-0.05, 0) is 26.3 Å². The Morgan fingerprint density at radius 3 is 2.48 bits per heavy atom. The zero-order valence-electron chi connectivity index (χ0n) is 13.3. The summed E-state index contributed by atoms with van der Waals surface area (Å²) >= 11 is 0. The molecule has 0 saturated carbocycles. The quantitative estimate of drug-likeness (QED) is 0.783. The first-order valence-corrected chi connectivity index (χ1v) is 7.31. The van der Waals surface area contributed by atoms with Gasteiger partial charge in [0.2, 0.25) is 0 Å². The zero-order valence-corrected chi connectivity index (χ0v) is 13.3. The van der Waals surface area contributed by atoms with Crippen LogP contribution < -0.4 is 0 Å². The summed E-state index contributed by atoms with van der Waals surface area (Å²) in [5.41, 5.74) is 2.65. The van der Waals surface area contributed by atoms with Crippen molar-refractivity contribution < 1.29 is 9.53 Å². The predicted molar refractivity (Wildman–Crippen MR) is 86.9 cm³/mol. The smallest absolute Gasteiger partial charge is 0.435 e. The van der Waals surface area contributed by atoms with Crippen molar-refractivity contribution in [3.63, 3.8) is 0 Å². The summed E-state index contributed by atoms with van der Waals surface area (Å²) in [5, 5.41) is 11.0. The minimum absolute atomic E-state index is 0.518. The summed E-state index contributed by atoms with van der Waals surface area (Å²) in [5.74, 6) is 0. The third kappa shape index (κ3) is 3.15. The molecule has 0 amide bonds. The molecule has 0 radical (unpaired) electrons. The van der Waals surface area contributed by atoms with Gasteiger partial charge >= 0.3 is 6.09 Å². The first-order chi connectivity index (χ1) is 11.0. The SMILES string of the molecule is CC(C)(C)OC(=O)n1ncc(-c2ccccc2)c1-c1cn[nH]c1. The van der Waals surface area contributed by atoms with Crippen LogP contribution in [-0.4, -0.2) is 31.7 Å². The second-order valence-corrected chi connectivity index (χ2v) is 6.15. The fourth-order valence-electron chi connectivity index (χ4n) is 2.28. The normalized spacial score (nSPS) is 11.4. The molecule has 6 nitrogen and oxygen atoms in total. The van der Waals surface area contributed by atoms with Gasteiger partial charge in [0.15, 0.2) is 0 Å². The van der Waals surface area contributed by atoms with E-state index < -0.39 is 11.7 Å². The fourth-order valence-corrected chi connectivity index (χ4v) is 2.28. The summed E-state index contributed by atoms with van der Waals surface area (Å²) in [7, 11) is 0. The van der Waals surface area contributed by atoms with Gasteiger partial charge in [0.05, 0.1) is 18.1 Å². The molecule has 0 saturated heterocycles. The number of aromatic nitrogens is 4. The molecule has 0 aliphatic heterocycles. The molecule has 3 aromatic rings. The number of nitrogens with zero attached hydrogens (tertiary/aromatic N) is 3. The summed E-state index contributed by atoms with van der Waals surface area (Å²) in [6.07, 6.45) is 4.53. The largest absolute Gasteiger partial charge is 0.442 e. The molecule has 0 aliphatic carbocycles. The molecule has 118 valence electrons. The number of hydrogen-bond donors (Lipinski definition) is 1. The summed E-state index contributed by atoms with van der Waals surface area (Å²) in [4.78, 5) is 12.5. The molecular weight excluding hydrogens is 292 g/mol. The number of aromatic amines is 1. The van der Waals surface area contributed by atoms with Crippen LogP contribution in [0.1, 0.15) is 20.8 Å². The van der Waals surface area contributed by atoms with Crippen LogP contribution in [0.5, 0.6) is 0 Å². The average molecular weight is 310 g/mol. The van der Waals surface area contributed by atoms with Gasteiger partial charge in [0, 0.05) is 17.3 Å². The van der Waals surface area contributed by atoms with Gasteiger partial charge < -0.3 is 4.74 Å². The van der Waals surface area contributed by atoms with E-state index in [0.29, 0.717) is 5.69 Å². The van der Waals surface area contributed by atoms with Crippen LogP contribution in [0, 0.1) is 0 Å². The molecule has 6 heteroatoms. The molecule has 3 rings (SSSR count). The predicted octanol–water partition coefficient (Wildman–Crippen LogP) is 3.72. The number of ether oxygens (including phenoxy) is 1. The van der Waals surface area contributed by atoms with Crippen LogP contribution >= 0.6 is 0 Å². The topological polar surface area (TPSA) is 72.8 Å². The number of H-pyrrole nitrogens is 1. The van der Waals surface area contributed by atoms with Crippen molar-refractivity contribution in [2.24, 2.45) is 0 Å². The molecule has 1 N–H and O–H groups in total. The maximum absolute atomic E-state index is 12.5. The van der Waals surface area contributed by atoms with Gasteiger partial charge in [-0.2, -0.15) is 14.9 Å². The Labute approximate surface area is 134 Å². The van der Waals surface area contributed by atoms with E-state index >= 15 is 0 Å². The van der Waals surface area contributed by atoms with Crippen molar-refractivity contribution >= 4 is 6.09 Å². The van der Waals surface area contributed by atoms with Crippen LogP contribution in [0.15, 0.2) is 48.9 Å². The Morgan fingerprint density at radius 1 is 1.13 bits per heavy atom. The molecule has 23 heavy (non-hydrogen) atoms. The minimum atomic E-state index is -0.594. The summed E-state index contributed by atoms with van der Waals surface area (Å²) in [6, 6.07) is 9.78. The van der Waals surface area contributed by atoms with E-state index in [9.17, 15) is 4.79 Å². The number of benzene rings is 1. The lowest BCUT2D eigenvalue weighted by atomic mass is 10.0. The molecule has 0 unspecified atom stereocenters. The maximum atomic E-state index is 12.5. The Balaban J connectivity index is 2.11. The first kappa shape index (κ1) is 15.0. The average Bonchev–Trinajstić information content (AvgIpc) is 3.15. The first-order valence-electron chi connectivity index (χ1n) is 7.31. The van der Waals surface area contributed by atoms with Gasteiger partial charge in [-0.1, -0.05) is 30.3 Å². The molecular formula is C17H18N4O2. The maximum Gasteiger partial charge on any atom is 0.435 e. The molecule has 1 aromatic carbocycles. The van der Waals surface area contributed by atoms with Crippen LogP contribution in [0.4, 0.5) is 4.79 Å². The Hall–Kier alpha value is -2.89. The van der Waals surface area contributed by atoms with E-state index in [2.05, 4.69) is 15.3 Å². The van der Waals surface area contributed by atoms with E-state index in [0.717, 1.165) is 16.7 Å². The van der Waals surface area contributed by atoms with E-state index in [1.807, 2.05) is 51.1 Å². The van der Waals surface area contributed by atoms with Gasteiger partial charge in [-0.3, -0.25) is 5.10 Å². The molecule has 2 heterocycles. The van der Waals surface area contributed by atoms with Gasteiger partial charge in [0.1, 0.15) is 5.60 Å². The van der Waals surface area contributed by atoms with Crippen LogP contribution in [0.25, 0.3) is 22.4 Å². The van der Waals surface area contributed by atoms with Crippen molar-refractivity contribution in [3.8, 4) is 22.4 Å². The van der Waals surface area contributed by atoms with Gasteiger partial charge in [0.25, 0.3) is 0 Å². The summed E-state index contributed by atoms with van der Waals surface area (Å²) in [6.45, 7) is 5.47. The highest BCUT2D eigenvalue weighted by Crippen LogP contribution is 2.31. The standard InChI is InChI=1S/C17H18N4O2/c1-17(2,3)23-16(22)21-15(13-9-18-19-10-13)14(11-20-21)12-7-5-4-6-8-12/h4-11H,1-3H3,(H,18,19). The van der Waals surface area contributed by atoms with Crippen molar-refractivity contribution in [2.75, 3.05) is 0 Å². The number of carbonyl (C=O) groups is 1. The number of rotatable bonds is 2. The van der Waals surface area contributed by atoms with Crippen molar-refractivity contribution in [2.45, 2.75) is 26.4 Å². The van der Waals surface area contributed by atoms with Crippen molar-refractivity contribution in [1.82, 2.24) is 20.0 Å². The lowest BCUT2D eigenvalue weighted by Gasteiger charge is -2.19. The van der Waals surface area contributed by atoms with Gasteiger partial charge in [-0.15, -0.1) is 0 Å². The van der Waals surface area contributed by atoms with E-state index in [1.54, 1.807) is 18.6 Å². The molecule has 0 aliphatic rings. The second-order valence-electron chi connectivity index (χ2n) is 6.15. The third-order valence-electron chi connectivity index (χ3n) is 3.19. The van der Waals surface area contributed by atoms with Crippen LogP contribution in [0.2, 0.25) is 0 Å². The molecule has 0 spiro atoms. The second kappa shape index (κ2) is 5.72. The van der Waals surface area contributed by atoms with Crippen LogP contribution in [0.3, 0.4) is 0 Å². The Bertz CT molecular complexity index is 799.